The molecule has 0 bridgehead atoms. The van der Waals surface area contributed by atoms with E-state index in [-0.39, 0.29) is 30.0 Å². The number of hydrogen-bond donors (Lipinski definition) is 0. The molecule has 0 saturated heterocycles. The Bertz CT molecular complexity index is 909. The summed E-state index contributed by atoms with van der Waals surface area (Å²) < 4.78 is 12.3. The molecule has 1 amide bonds. The highest BCUT2D eigenvalue weighted by molar-refractivity contribution is 6.07. The molecule has 0 saturated carbocycles. The lowest BCUT2D eigenvalue weighted by Crippen LogP contribution is -2.45. The predicted octanol–water partition coefficient (Wildman–Crippen LogP) is 4.26. The molecule has 2 rings (SSSR count). The number of furan rings is 1. The van der Waals surface area contributed by atoms with Crippen molar-refractivity contribution in [2.24, 2.45) is 5.92 Å². The maximum absolute atomic E-state index is 13.6. The first kappa shape index (κ1) is 23.4. The number of amides is 1. The van der Waals surface area contributed by atoms with Gasteiger partial charge in [-0.25, -0.2) is 4.79 Å². The van der Waals surface area contributed by atoms with E-state index >= 15 is 0 Å². The second kappa shape index (κ2) is 9.78. The minimum atomic E-state index is -0.717. The molecule has 7 heteroatoms. The number of rotatable bonds is 9. The molecular weight excluding hydrogens is 384 g/mol. The van der Waals surface area contributed by atoms with Gasteiger partial charge in [0.1, 0.15) is 5.69 Å². The topological polar surface area (TPSA) is 81.8 Å². The van der Waals surface area contributed by atoms with Gasteiger partial charge in [-0.3, -0.25) is 9.59 Å². The number of carbonyl (C=O) groups is 3. The molecule has 0 fully saturated rings. The molecule has 0 aliphatic rings. The Kier molecular flexibility index (Phi) is 7.65. The predicted molar refractivity (Wildman–Crippen MR) is 114 cm³/mol. The van der Waals surface area contributed by atoms with E-state index < -0.39 is 12.0 Å². The van der Waals surface area contributed by atoms with Crippen molar-refractivity contribution < 1.29 is 23.5 Å². The van der Waals surface area contributed by atoms with Gasteiger partial charge in [-0.2, -0.15) is 0 Å². The molecule has 2 heterocycles. The Balaban J connectivity index is 2.49. The van der Waals surface area contributed by atoms with Gasteiger partial charge in [0, 0.05) is 24.3 Å². The summed E-state index contributed by atoms with van der Waals surface area (Å²) in [4.78, 5) is 40.6. The largest absolute Gasteiger partial charge is 0.461 e. The lowest BCUT2D eigenvalue weighted by molar-refractivity contribution is 0.0512. The zero-order valence-electron chi connectivity index (χ0n) is 18.9. The van der Waals surface area contributed by atoms with Crippen molar-refractivity contribution in [1.82, 2.24) is 9.47 Å². The Morgan fingerprint density at radius 1 is 1.17 bits per heavy atom. The average molecular weight is 417 g/mol. The van der Waals surface area contributed by atoms with Gasteiger partial charge in [-0.15, -0.1) is 0 Å². The summed E-state index contributed by atoms with van der Waals surface area (Å²) in [5, 5.41) is 0. The van der Waals surface area contributed by atoms with Crippen molar-refractivity contribution in [3.8, 4) is 0 Å². The van der Waals surface area contributed by atoms with E-state index in [9.17, 15) is 14.4 Å². The van der Waals surface area contributed by atoms with Gasteiger partial charge >= 0.3 is 5.97 Å². The van der Waals surface area contributed by atoms with E-state index in [1.807, 2.05) is 27.7 Å². The smallest absolute Gasteiger partial charge is 0.355 e. The summed E-state index contributed by atoms with van der Waals surface area (Å²) in [7, 11) is 0. The third-order valence-electron chi connectivity index (χ3n) is 5.20. The van der Waals surface area contributed by atoms with Crippen LogP contribution in [-0.4, -0.2) is 46.3 Å². The van der Waals surface area contributed by atoms with Crippen molar-refractivity contribution in [2.45, 2.75) is 61.1 Å². The van der Waals surface area contributed by atoms with Crippen LogP contribution in [0.3, 0.4) is 0 Å². The number of ketones is 1. The van der Waals surface area contributed by atoms with E-state index in [1.54, 1.807) is 37.5 Å². The minimum absolute atomic E-state index is 0.164. The summed E-state index contributed by atoms with van der Waals surface area (Å²) in [6.45, 7) is 14.1. The second-order valence-corrected chi connectivity index (χ2v) is 7.77. The van der Waals surface area contributed by atoms with E-state index in [4.69, 9.17) is 9.15 Å². The molecule has 0 radical (unpaired) electrons. The highest BCUT2D eigenvalue weighted by Gasteiger charge is 2.34. The molecule has 0 spiro atoms. The average Bonchev–Trinajstić information content (AvgIpc) is 3.31. The van der Waals surface area contributed by atoms with Crippen LogP contribution in [0.2, 0.25) is 0 Å². The lowest BCUT2D eigenvalue weighted by atomic mass is 9.99. The highest BCUT2D eigenvalue weighted by atomic mass is 16.5. The van der Waals surface area contributed by atoms with Crippen LogP contribution in [-0.2, 0) is 11.3 Å². The normalized spacial score (nSPS) is 12.1. The Labute approximate surface area is 178 Å². The van der Waals surface area contributed by atoms with E-state index in [0.717, 1.165) is 0 Å². The van der Waals surface area contributed by atoms with Crippen molar-refractivity contribution in [1.29, 1.82) is 0 Å². The Morgan fingerprint density at radius 3 is 2.33 bits per heavy atom. The molecule has 2 aromatic rings. The Hall–Kier alpha value is -2.83. The molecule has 2 aromatic heterocycles. The van der Waals surface area contributed by atoms with Crippen molar-refractivity contribution in [2.75, 3.05) is 13.2 Å². The molecule has 0 aliphatic heterocycles. The van der Waals surface area contributed by atoms with Gasteiger partial charge < -0.3 is 18.6 Å². The summed E-state index contributed by atoms with van der Waals surface area (Å²) in [6.07, 6.45) is 1.44. The zero-order chi connectivity index (χ0) is 22.6. The molecule has 7 nitrogen and oxygen atoms in total. The van der Waals surface area contributed by atoms with Crippen LogP contribution in [0.1, 0.15) is 77.3 Å². The SMILES string of the molecule is CCOC(=O)c1c(C)c(C(=O)C(C)N(CC(C)C)C(=O)c2ccco2)c(C)n1CC. The fourth-order valence-electron chi connectivity index (χ4n) is 3.82. The fourth-order valence-corrected chi connectivity index (χ4v) is 3.82. The van der Waals surface area contributed by atoms with Crippen LogP contribution < -0.4 is 0 Å². The molecular formula is C23H32N2O5. The molecule has 1 unspecified atom stereocenters. The maximum Gasteiger partial charge on any atom is 0.355 e. The van der Waals surface area contributed by atoms with E-state index in [1.165, 1.54) is 11.2 Å². The van der Waals surface area contributed by atoms with Gasteiger partial charge in [-0.1, -0.05) is 13.8 Å². The van der Waals surface area contributed by atoms with Gasteiger partial charge in [-0.05, 0) is 58.2 Å². The van der Waals surface area contributed by atoms with Gasteiger partial charge in [0.25, 0.3) is 5.91 Å². The van der Waals surface area contributed by atoms with Crippen molar-refractivity contribution >= 4 is 17.7 Å². The van der Waals surface area contributed by atoms with Crippen molar-refractivity contribution in [3.63, 3.8) is 0 Å². The van der Waals surface area contributed by atoms with Crippen LogP contribution in [0.4, 0.5) is 0 Å². The zero-order valence-corrected chi connectivity index (χ0v) is 18.9. The van der Waals surface area contributed by atoms with Gasteiger partial charge in [0.2, 0.25) is 0 Å². The standard InChI is InChI=1S/C23H32N2O5/c1-8-24-16(6)19(15(5)20(24)23(28)29-9-2)21(26)17(7)25(13-14(3)4)22(27)18-11-10-12-30-18/h10-12,14,17H,8-9,13H2,1-7H3. The van der Waals surface area contributed by atoms with Crippen molar-refractivity contribution in [3.05, 3.63) is 46.7 Å². The fraction of sp³-hybridized carbons (Fsp3) is 0.522. The summed E-state index contributed by atoms with van der Waals surface area (Å²) >= 11 is 0. The number of hydrogen-bond acceptors (Lipinski definition) is 5. The van der Waals surface area contributed by atoms with E-state index in [2.05, 4.69) is 0 Å². The molecule has 164 valence electrons. The summed E-state index contributed by atoms with van der Waals surface area (Å²) in [6, 6.07) is 2.52. The third kappa shape index (κ3) is 4.50. The molecule has 1 atom stereocenters. The van der Waals surface area contributed by atoms with Crippen LogP contribution in [0.5, 0.6) is 0 Å². The first-order chi connectivity index (χ1) is 14.1. The number of Topliss-reactive ketones (excluding diaryl/α,β-unsaturated/α-hetero) is 1. The number of esters is 1. The number of carbonyl (C=O) groups excluding carboxylic acids is 3. The van der Waals surface area contributed by atoms with Crippen LogP contribution >= 0.6 is 0 Å². The van der Waals surface area contributed by atoms with Gasteiger partial charge in [0.05, 0.1) is 18.9 Å². The Morgan fingerprint density at radius 2 is 1.83 bits per heavy atom. The lowest BCUT2D eigenvalue weighted by Gasteiger charge is -2.29. The number of nitrogens with zero attached hydrogens (tertiary/aromatic N) is 2. The summed E-state index contributed by atoms with van der Waals surface area (Å²) in [5.74, 6) is -0.621. The monoisotopic (exact) mass is 416 g/mol. The molecule has 0 N–H and O–H groups in total. The van der Waals surface area contributed by atoms with Crippen LogP contribution in [0, 0.1) is 19.8 Å². The highest BCUT2D eigenvalue weighted by Crippen LogP contribution is 2.26. The summed E-state index contributed by atoms with van der Waals surface area (Å²) in [5.41, 5.74) is 2.14. The van der Waals surface area contributed by atoms with E-state index in [0.29, 0.717) is 35.6 Å². The van der Waals surface area contributed by atoms with Crippen LogP contribution in [0.25, 0.3) is 0 Å². The quantitative estimate of drug-likeness (QED) is 0.450. The second-order valence-electron chi connectivity index (χ2n) is 7.77. The third-order valence-corrected chi connectivity index (χ3v) is 5.20. The molecule has 30 heavy (non-hydrogen) atoms. The van der Waals surface area contributed by atoms with Crippen LogP contribution in [0.15, 0.2) is 22.8 Å². The number of aromatic nitrogens is 1. The minimum Gasteiger partial charge on any atom is -0.461 e. The first-order valence-electron chi connectivity index (χ1n) is 10.4. The van der Waals surface area contributed by atoms with Gasteiger partial charge in [0.15, 0.2) is 11.5 Å². The maximum atomic E-state index is 13.6. The molecule has 0 aromatic carbocycles. The first-order valence-corrected chi connectivity index (χ1v) is 10.4. The number of ether oxygens (including phenoxy) is 1. The molecule has 0 aliphatic carbocycles.